The van der Waals surface area contributed by atoms with Gasteiger partial charge in [-0.2, -0.15) is 5.10 Å². The van der Waals surface area contributed by atoms with Gasteiger partial charge in [-0.15, -0.1) is 0 Å². The van der Waals surface area contributed by atoms with Crippen LogP contribution in [0.2, 0.25) is 0 Å². The fourth-order valence-electron chi connectivity index (χ4n) is 2.68. The summed E-state index contributed by atoms with van der Waals surface area (Å²) >= 11 is 0. The number of anilines is 1. The molecule has 0 saturated carbocycles. The minimum absolute atomic E-state index is 0.0265. The summed E-state index contributed by atoms with van der Waals surface area (Å²) in [5, 5.41) is 16.6. The maximum atomic E-state index is 10.1. The Morgan fingerprint density at radius 2 is 1.44 bits per heavy atom. The third-order valence-corrected chi connectivity index (χ3v) is 4.08. The largest absolute Gasteiger partial charge is 0.502 e. The zero-order chi connectivity index (χ0) is 19.1. The Morgan fingerprint density at radius 3 is 2.00 bits per heavy atom. The molecule has 0 radical (unpaired) electrons. The van der Waals surface area contributed by atoms with Gasteiger partial charge < -0.3 is 14.6 Å². The zero-order valence-electron chi connectivity index (χ0n) is 15.4. The molecule has 3 aromatic carbocycles. The van der Waals surface area contributed by atoms with Crippen molar-refractivity contribution >= 4 is 11.9 Å². The molecule has 138 valence electrons. The van der Waals surface area contributed by atoms with Crippen LogP contribution in [0.4, 0.5) is 5.69 Å². The van der Waals surface area contributed by atoms with Crippen molar-refractivity contribution in [3.63, 3.8) is 0 Å². The lowest BCUT2D eigenvalue weighted by Crippen LogP contribution is -2.16. The number of para-hydroxylation sites is 1. The van der Waals surface area contributed by atoms with E-state index in [1.165, 1.54) is 14.2 Å². The van der Waals surface area contributed by atoms with Crippen LogP contribution in [-0.4, -0.2) is 25.5 Å². The van der Waals surface area contributed by atoms with Gasteiger partial charge in [0.15, 0.2) is 11.5 Å². The van der Waals surface area contributed by atoms with Crippen molar-refractivity contribution in [2.75, 3.05) is 19.2 Å². The molecule has 0 unspecified atom stereocenters. The first-order chi connectivity index (χ1) is 13.2. The number of benzene rings is 3. The molecule has 5 heteroatoms. The third-order valence-electron chi connectivity index (χ3n) is 4.08. The van der Waals surface area contributed by atoms with Gasteiger partial charge in [0.1, 0.15) is 0 Å². The lowest BCUT2D eigenvalue weighted by molar-refractivity contribution is 0.340. The highest BCUT2D eigenvalue weighted by molar-refractivity contribution is 5.83. The van der Waals surface area contributed by atoms with Crippen LogP contribution in [-0.2, 0) is 6.54 Å². The van der Waals surface area contributed by atoms with Crippen LogP contribution in [0.25, 0.3) is 0 Å². The summed E-state index contributed by atoms with van der Waals surface area (Å²) in [6.45, 7) is 0.633. The lowest BCUT2D eigenvalue weighted by atomic mass is 10.2. The van der Waals surface area contributed by atoms with Crippen LogP contribution >= 0.6 is 0 Å². The van der Waals surface area contributed by atoms with Crippen LogP contribution in [0, 0.1) is 0 Å². The van der Waals surface area contributed by atoms with Gasteiger partial charge in [-0.25, -0.2) is 0 Å². The Balaban J connectivity index is 1.92. The molecule has 3 rings (SSSR count). The smallest absolute Gasteiger partial charge is 0.200 e. The molecule has 0 amide bonds. The normalized spacial score (nSPS) is 10.7. The molecule has 0 aliphatic carbocycles. The Labute approximate surface area is 159 Å². The molecule has 0 atom stereocenters. The first kappa shape index (κ1) is 18.3. The van der Waals surface area contributed by atoms with Crippen molar-refractivity contribution in [1.82, 2.24) is 0 Å². The molecule has 3 aromatic rings. The van der Waals surface area contributed by atoms with Crippen LogP contribution in [0.15, 0.2) is 77.9 Å². The average Bonchev–Trinajstić information content (AvgIpc) is 2.73. The van der Waals surface area contributed by atoms with Gasteiger partial charge in [0.25, 0.3) is 0 Å². The topological polar surface area (TPSA) is 54.3 Å². The molecule has 27 heavy (non-hydrogen) atoms. The lowest BCUT2D eigenvalue weighted by Gasteiger charge is -2.19. The van der Waals surface area contributed by atoms with E-state index < -0.39 is 0 Å². The Kier molecular flexibility index (Phi) is 5.94. The number of hydrogen-bond donors (Lipinski definition) is 1. The number of ether oxygens (including phenoxy) is 2. The average molecular weight is 362 g/mol. The number of methoxy groups -OCH3 is 2. The van der Waals surface area contributed by atoms with E-state index in [-0.39, 0.29) is 5.75 Å². The quantitative estimate of drug-likeness (QED) is 0.498. The summed E-state index contributed by atoms with van der Waals surface area (Å²) in [6.07, 6.45) is 1.72. The minimum Gasteiger partial charge on any atom is -0.502 e. The van der Waals surface area contributed by atoms with Crippen molar-refractivity contribution in [1.29, 1.82) is 0 Å². The van der Waals surface area contributed by atoms with Gasteiger partial charge >= 0.3 is 0 Å². The van der Waals surface area contributed by atoms with Gasteiger partial charge in [-0.05, 0) is 29.8 Å². The Bertz CT molecular complexity index is 871. The molecule has 0 aliphatic heterocycles. The van der Waals surface area contributed by atoms with Crippen molar-refractivity contribution < 1.29 is 14.6 Å². The third kappa shape index (κ3) is 4.58. The van der Waals surface area contributed by atoms with Gasteiger partial charge in [0.2, 0.25) is 5.75 Å². The molecule has 0 fully saturated rings. The van der Waals surface area contributed by atoms with Crippen LogP contribution in [0.5, 0.6) is 17.2 Å². The maximum Gasteiger partial charge on any atom is 0.200 e. The number of phenols is 1. The highest BCUT2D eigenvalue weighted by Crippen LogP contribution is 2.36. The van der Waals surface area contributed by atoms with Crippen molar-refractivity contribution in [3.05, 3.63) is 83.9 Å². The summed E-state index contributed by atoms with van der Waals surface area (Å²) in [7, 11) is 3.00. The number of rotatable bonds is 7. The maximum absolute atomic E-state index is 10.1. The standard InChI is InChI=1S/C22H22N2O3/c1-26-20-13-18(14-21(27-2)22(20)25)15-23-24(19-11-7-4-8-12-19)16-17-9-5-3-6-10-17/h3-15,25H,16H2,1-2H3. The second-order valence-electron chi connectivity index (χ2n) is 5.90. The Hall–Kier alpha value is -3.47. The van der Waals surface area contributed by atoms with Gasteiger partial charge in [0.05, 0.1) is 32.7 Å². The first-order valence-electron chi connectivity index (χ1n) is 8.56. The molecular formula is C22H22N2O3. The Morgan fingerprint density at radius 1 is 0.889 bits per heavy atom. The van der Waals surface area contributed by atoms with E-state index in [1.807, 2.05) is 53.5 Å². The minimum atomic E-state index is -0.0265. The second kappa shape index (κ2) is 8.76. The number of phenolic OH excluding ortho intramolecular Hbond substituents is 1. The number of hydrogen-bond acceptors (Lipinski definition) is 5. The highest BCUT2D eigenvalue weighted by Gasteiger charge is 2.11. The van der Waals surface area contributed by atoms with E-state index in [4.69, 9.17) is 9.47 Å². The fraction of sp³-hybridized carbons (Fsp3) is 0.136. The van der Waals surface area contributed by atoms with Crippen LogP contribution in [0.1, 0.15) is 11.1 Å². The van der Waals surface area contributed by atoms with E-state index in [0.717, 1.165) is 16.8 Å². The number of hydrazone groups is 1. The first-order valence-corrected chi connectivity index (χ1v) is 8.56. The van der Waals surface area contributed by atoms with Crippen molar-refractivity contribution in [2.45, 2.75) is 6.54 Å². The van der Waals surface area contributed by atoms with Crippen LogP contribution < -0.4 is 14.5 Å². The van der Waals surface area contributed by atoms with Crippen LogP contribution in [0.3, 0.4) is 0 Å². The summed E-state index contributed by atoms with van der Waals surface area (Å²) in [5.41, 5.74) is 2.89. The van der Waals surface area contributed by atoms with Crippen molar-refractivity contribution in [3.8, 4) is 17.2 Å². The number of nitrogens with zero attached hydrogens (tertiary/aromatic N) is 2. The van der Waals surface area contributed by atoms with E-state index in [0.29, 0.717) is 18.0 Å². The predicted octanol–water partition coefficient (Wildman–Crippen LogP) is 4.45. The predicted molar refractivity (Wildman–Crippen MR) is 108 cm³/mol. The molecule has 0 heterocycles. The fourth-order valence-corrected chi connectivity index (χ4v) is 2.68. The molecular weight excluding hydrogens is 340 g/mol. The molecule has 0 aliphatic rings. The summed E-state index contributed by atoms with van der Waals surface area (Å²) in [4.78, 5) is 0. The zero-order valence-corrected chi connectivity index (χ0v) is 15.4. The molecule has 0 spiro atoms. The molecule has 1 N–H and O–H groups in total. The van der Waals surface area contributed by atoms with Gasteiger partial charge in [0, 0.05) is 5.56 Å². The summed E-state index contributed by atoms with van der Waals surface area (Å²) in [5.74, 6) is 0.650. The molecule has 5 nitrogen and oxygen atoms in total. The summed E-state index contributed by atoms with van der Waals surface area (Å²) < 4.78 is 10.4. The van der Waals surface area contributed by atoms with E-state index in [1.54, 1.807) is 18.3 Å². The summed E-state index contributed by atoms with van der Waals surface area (Å²) in [6, 6.07) is 23.5. The second-order valence-corrected chi connectivity index (χ2v) is 5.90. The van der Waals surface area contributed by atoms with E-state index in [2.05, 4.69) is 17.2 Å². The molecule has 0 bridgehead atoms. The van der Waals surface area contributed by atoms with E-state index >= 15 is 0 Å². The van der Waals surface area contributed by atoms with Crippen molar-refractivity contribution in [2.24, 2.45) is 5.10 Å². The highest BCUT2D eigenvalue weighted by atomic mass is 16.5. The van der Waals surface area contributed by atoms with Gasteiger partial charge in [-0.1, -0.05) is 48.5 Å². The SMILES string of the molecule is COc1cc(C=NN(Cc2ccccc2)c2ccccc2)cc(OC)c1O. The van der Waals surface area contributed by atoms with E-state index in [9.17, 15) is 5.11 Å². The van der Waals surface area contributed by atoms with Gasteiger partial charge in [-0.3, -0.25) is 5.01 Å². The molecule has 0 aromatic heterocycles. The monoisotopic (exact) mass is 362 g/mol. The number of aromatic hydroxyl groups is 1. The molecule has 0 saturated heterocycles.